The molecule has 0 aromatic heterocycles. The summed E-state index contributed by atoms with van der Waals surface area (Å²) in [6, 6.07) is 7.67. The summed E-state index contributed by atoms with van der Waals surface area (Å²) in [7, 11) is 0. The second kappa shape index (κ2) is 5.01. The van der Waals surface area contributed by atoms with Gasteiger partial charge in [0.15, 0.2) is 0 Å². The van der Waals surface area contributed by atoms with Gasteiger partial charge in [-0.2, -0.15) is 0 Å². The zero-order valence-electron chi connectivity index (χ0n) is 10.8. The molecule has 1 aromatic carbocycles. The average Bonchev–Trinajstić information content (AvgIpc) is 2.20. The molecule has 1 nitrogen and oxygen atoms in total. The van der Waals surface area contributed by atoms with Crippen LogP contribution in [0.4, 0.5) is 0 Å². The molecule has 1 aromatic rings. The maximum Gasteiger partial charge on any atom is 0.0236 e. The van der Waals surface area contributed by atoms with Crippen molar-refractivity contribution in [2.75, 3.05) is 6.54 Å². The number of nitrogens with zero attached hydrogens (tertiary/aromatic N) is 1. The zero-order valence-corrected chi connectivity index (χ0v) is 10.8. The van der Waals surface area contributed by atoms with Gasteiger partial charge >= 0.3 is 0 Å². The molecule has 0 bridgehead atoms. The average molecular weight is 217 g/mol. The van der Waals surface area contributed by atoms with Crippen molar-refractivity contribution in [3.8, 4) is 0 Å². The zero-order chi connectivity index (χ0) is 11.5. The summed E-state index contributed by atoms with van der Waals surface area (Å²) >= 11 is 0. The van der Waals surface area contributed by atoms with Crippen molar-refractivity contribution in [2.24, 2.45) is 0 Å². The molecule has 0 saturated carbocycles. The molecular weight excluding hydrogens is 194 g/mol. The summed E-state index contributed by atoms with van der Waals surface area (Å²) in [5.41, 5.74) is 4.26. The molecule has 1 unspecified atom stereocenters. The quantitative estimate of drug-likeness (QED) is 0.730. The van der Waals surface area contributed by atoms with Gasteiger partial charge in [-0.25, -0.2) is 0 Å². The summed E-state index contributed by atoms with van der Waals surface area (Å²) in [5, 5.41) is 0. The first kappa shape index (κ1) is 11.7. The van der Waals surface area contributed by atoms with E-state index < -0.39 is 0 Å². The van der Waals surface area contributed by atoms with Gasteiger partial charge in [0.2, 0.25) is 0 Å². The van der Waals surface area contributed by atoms with Crippen LogP contribution in [0.2, 0.25) is 0 Å². The van der Waals surface area contributed by atoms with Gasteiger partial charge in [-0.1, -0.05) is 35.7 Å². The van der Waals surface area contributed by atoms with Crippen LogP contribution in [0.3, 0.4) is 0 Å². The van der Waals surface area contributed by atoms with E-state index in [4.69, 9.17) is 0 Å². The Hall–Kier alpha value is -0.820. The number of piperidine rings is 1. The van der Waals surface area contributed by atoms with Crippen molar-refractivity contribution in [3.63, 3.8) is 0 Å². The highest BCUT2D eigenvalue weighted by atomic mass is 15.2. The SMILES string of the molecule is Cc1cc(C)cc(CN2CCCCC2C)c1. The highest BCUT2D eigenvalue weighted by Gasteiger charge is 2.17. The Kier molecular flexibility index (Phi) is 3.65. The fourth-order valence-corrected chi connectivity index (χ4v) is 2.79. The highest BCUT2D eigenvalue weighted by molar-refractivity contribution is 5.28. The normalized spacial score (nSPS) is 22.3. The number of hydrogen-bond donors (Lipinski definition) is 0. The minimum atomic E-state index is 0.759. The van der Waals surface area contributed by atoms with E-state index in [9.17, 15) is 0 Å². The fourth-order valence-electron chi connectivity index (χ4n) is 2.79. The van der Waals surface area contributed by atoms with Gasteiger partial charge in [0.05, 0.1) is 0 Å². The van der Waals surface area contributed by atoms with E-state index in [2.05, 4.69) is 43.9 Å². The number of aryl methyl sites for hydroxylation is 2. The summed E-state index contributed by atoms with van der Waals surface area (Å²) < 4.78 is 0. The van der Waals surface area contributed by atoms with Crippen LogP contribution in [0.5, 0.6) is 0 Å². The largest absolute Gasteiger partial charge is 0.296 e. The van der Waals surface area contributed by atoms with Crippen LogP contribution in [-0.4, -0.2) is 17.5 Å². The second-order valence-corrected chi connectivity index (χ2v) is 5.31. The molecule has 1 atom stereocenters. The summed E-state index contributed by atoms with van der Waals surface area (Å²) in [6.07, 6.45) is 4.14. The molecule has 1 fully saturated rings. The molecule has 1 heteroatoms. The van der Waals surface area contributed by atoms with Gasteiger partial charge in [-0.15, -0.1) is 0 Å². The first-order chi connectivity index (χ1) is 7.65. The third-order valence-corrected chi connectivity index (χ3v) is 3.61. The molecule has 16 heavy (non-hydrogen) atoms. The number of rotatable bonds is 2. The summed E-state index contributed by atoms with van der Waals surface area (Å²) in [5.74, 6) is 0. The van der Waals surface area contributed by atoms with E-state index in [1.165, 1.54) is 42.5 Å². The Morgan fingerprint density at radius 1 is 1.12 bits per heavy atom. The molecule has 0 N–H and O–H groups in total. The molecule has 1 aliphatic rings. The third-order valence-electron chi connectivity index (χ3n) is 3.61. The van der Waals surface area contributed by atoms with Crippen LogP contribution in [0, 0.1) is 13.8 Å². The minimum Gasteiger partial charge on any atom is -0.296 e. The summed E-state index contributed by atoms with van der Waals surface area (Å²) in [4.78, 5) is 2.62. The Balaban J connectivity index is 2.07. The van der Waals surface area contributed by atoms with Gasteiger partial charge in [0.1, 0.15) is 0 Å². The standard InChI is InChI=1S/C15H23N/c1-12-8-13(2)10-15(9-12)11-16-7-5-4-6-14(16)3/h8-10,14H,4-7,11H2,1-3H3. The number of benzene rings is 1. The first-order valence-corrected chi connectivity index (χ1v) is 6.46. The van der Waals surface area contributed by atoms with Gasteiger partial charge in [-0.3, -0.25) is 4.90 Å². The van der Waals surface area contributed by atoms with Gasteiger partial charge in [0.25, 0.3) is 0 Å². The molecule has 1 aliphatic heterocycles. The van der Waals surface area contributed by atoms with Crippen LogP contribution in [0.25, 0.3) is 0 Å². The Morgan fingerprint density at radius 3 is 2.44 bits per heavy atom. The molecule has 0 radical (unpaired) electrons. The van der Waals surface area contributed by atoms with Crippen molar-refractivity contribution in [1.82, 2.24) is 4.90 Å². The Morgan fingerprint density at radius 2 is 1.81 bits per heavy atom. The Labute approximate surface area is 99.5 Å². The van der Waals surface area contributed by atoms with E-state index in [0.29, 0.717) is 0 Å². The second-order valence-electron chi connectivity index (χ2n) is 5.31. The highest BCUT2D eigenvalue weighted by Crippen LogP contribution is 2.20. The number of hydrogen-bond acceptors (Lipinski definition) is 1. The lowest BCUT2D eigenvalue weighted by molar-refractivity contribution is 0.152. The van der Waals surface area contributed by atoms with Crippen LogP contribution >= 0.6 is 0 Å². The van der Waals surface area contributed by atoms with Crippen LogP contribution in [0.15, 0.2) is 18.2 Å². The molecule has 1 heterocycles. The molecular formula is C15H23N. The fraction of sp³-hybridized carbons (Fsp3) is 0.600. The van der Waals surface area contributed by atoms with E-state index in [1.54, 1.807) is 0 Å². The van der Waals surface area contributed by atoms with E-state index in [1.807, 2.05) is 0 Å². The molecule has 0 aliphatic carbocycles. The maximum absolute atomic E-state index is 2.62. The van der Waals surface area contributed by atoms with Gasteiger partial charge in [-0.05, 0) is 45.7 Å². The minimum absolute atomic E-state index is 0.759. The topological polar surface area (TPSA) is 3.24 Å². The smallest absolute Gasteiger partial charge is 0.0236 e. The lowest BCUT2D eigenvalue weighted by Gasteiger charge is -2.33. The molecule has 88 valence electrons. The van der Waals surface area contributed by atoms with Crippen LogP contribution < -0.4 is 0 Å². The first-order valence-electron chi connectivity index (χ1n) is 6.46. The summed E-state index contributed by atoms with van der Waals surface area (Å²) in [6.45, 7) is 9.14. The van der Waals surface area contributed by atoms with Crippen molar-refractivity contribution >= 4 is 0 Å². The molecule has 1 saturated heterocycles. The predicted molar refractivity (Wildman–Crippen MR) is 69.6 cm³/mol. The lowest BCUT2D eigenvalue weighted by Crippen LogP contribution is -2.36. The van der Waals surface area contributed by atoms with Gasteiger partial charge < -0.3 is 0 Å². The molecule has 0 spiro atoms. The van der Waals surface area contributed by atoms with Crippen LogP contribution in [0.1, 0.15) is 42.9 Å². The number of likely N-dealkylation sites (tertiary alicyclic amines) is 1. The molecule has 2 rings (SSSR count). The van der Waals surface area contributed by atoms with E-state index >= 15 is 0 Å². The monoisotopic (exact) mass is 217 g/mol. The van der Waals surface area contributed by atoms with E-state index in [0.717, 1.165) is 12.6 Å². The maximum atomic E-state index is 2.62. The third kappa shape index (κ3) is 2.85. The van der Waals surface area contributed by atoms with E-state index in [-0.39, 0.29) is 0 Å². The Bertz CT molecular complexity index is 336. The van der Waals surface area contributed by atoms with Crippen LogP contribution in [-0.2, 0) is 6.54 Å². The van der Waals surface area contributed by atoms with Crippen molar-refractivity contribution in [2.45, 2.75) is 52.6 Å². The van der Waals surface area contributed by atoms with Gasteiger partial charge in [0, 0.05) is 12.6 Å². The lowest BCUT2D eigenvalue weighted by atomic mass is 10.0. The van der Waals surface area contributed by atoms with Crippen molar-refractivity contribution in [1.29, 1.82) is 0 Å². The molecule has 0 amide bonds. The van der Waals surface area contributed by atoms with Crippen molar-refractivity contribution < 1.29 is 0 Å². The predicted octanol–water partition coefficient (Wildman–Crippen LogP) is 3.68. The van der Waals surface area contributed by atoms with Crippen molar-refractivity contribution in [3.05, 3.63) is 34.9 Å².